The maximum Gasteiger partial charge on any atom is 0.338 e. The number of hydrogen-bond acceptors (Lipinski definition) is 4. The Kier molecular flexibility index (Phi) is 6.42. The van der Waals surface area contributed by atoms with Crippen LogP contribution in [-0.2, 0) is 9.53 Å². The van der Waals surface area contributed by atoms with E-state index in [2.05, 4.69) is 5.32 Å². The van der Waals surface area contributed by atoms with E-state index in [1.807, 2.05) is 13.0 Å². The first-order chi connectivity index (χ1) is 13.9. The zero-order valence-electron chi connectivity index (χ0n) is 15.6. The summed E-state index contributed by atoms with van der Waals surface area (Å²) in [7, 11) is 0. The highest BCUT2D eigenvalue weighted by molar-refractivity contribution is 6.31. The molecule has 0 fully saturated rings. The zero-order chi connectivity index (χ0) is 20.8. The van der Waals surface area contributed by atoms with Crippen LogP contribution in [0.25, 0.3) is 0 Å². The van der Waals surface area contributed by atoms with Crippen LogP contribution in [0.5, 0.6) is 0 Å². The summed E-state index contributed by atoms with van der Waals surface area (Å²) in [5, 5.41) is 2.98. The van der Waals surface area contributed by atoms with E-state index < -0.39 is 18.5 Å². The Bertz CT molecular complexity index is 1060. The second-order valence-corrected chi connectivity index (χ2v) is 6.82. The molecule has 0 heterocycles. The highest BCUT2D eigenvalue weighted by atomic mass is 35.5. The fourth-order valence-electron chi connectivity index (χ4n) is 2.73. The first-order valence-corrected chi connectivity index (χ1v) is 9.25. The quantitative estimate of drug-likeness (QED) is 0.476. The Hall–Kier alpha value is -3.44. The van der Waals surface area contributed by atoms with Crippen molar-refractivity contribution in [1.29, 1.82) is 0 Å². The van der Waals surface area contributed by atoms with Gasteiger partial charge in [-0.25, -0.2) is 4.79 Å². The van der Waals surface area contributed by atoms with Crippen LogP contribution in [0.15, 0.2) is 72.8 Å². The van der Waals surface area contributed by atoms with Gasteiger partial charge in [-0.2, -0.15) is 0 Å². The summed E-state index contributed by atoms with van der Waals surface area (Å²) >= 11 is 6.03. The van der Waals surface area contributed by atoms with Crippen LogP contribution in [-0.4, -0.2) is 24.3 Å². The van der Waals surface area contributed by atoms with E-state index in [1.165, 1.54) is 6.07 Å². The smallest absolute Gasteiger partial charge is 0.338 e. The SMILES string of the molecule is Cc1cccc(C(=O)OCC(=O)Nc2ccc(Cl)cc2C(=O)c2ccccc2)c1. The number of halogens is 1. The number of rotatable bonds is 6. The third-order valence-electron chi connectivity index (χ3n) is 4.12. The van der Waals surface area contributed by atoms with E-state index >= 15 is 0 Å². The average molecular weight is 408 g/mol. The number of aryl methyl sites for hydroxylation is 1. The van der Waals surface area contributed by atoms with Gasteiger partial charge in [-0.1, -0.05) is 59.6 Å². The molecule has 3 aromatic carbocycles. The highest BCUT2D eigenvalue weighted by Gasteiger charge is 2.17. The lowest BCUT2D eigenvalue weighted by Crippen LogP contribution is -2.22. The van der Waals surface area contributed by atoms with E-state index in [0.717, 1.165) is 5.56 Å². The summed E-state index contributed by atoms with van der Waals surface area (Å²) in [5.41, 5.74) is 2.29. The predicted octanol–water partition coefficient (Wildman–Crippen LogP) is 4.67. The summed E-state index contributed by atoms with van der Waals surface area (Å²) < 4.78 is 5.06. The van der Waals surface area contributed by atoms with Crippen LogP contribution in [0.2, 0.25) is 5.02 Å². The van der Waals surface area contributed by atoms with Gasteiger partial charge in [0, 0.05) is 16.1 Å². The number of ether oxygens (including phenoxy) is 1. The molecule has 0 saturated carbocycles. The van der Waals surface area contributed by atoms with Crippen molar-refractivity contribution in [3.05, 3.63) is 100 Å². The van der Waals surface area contributed by atoms with E-state index in [4.69, 9.17) is 16.3 Å². The Balaban J connectivity index is 1.70. The lowest BCUT2D eigenvalue weighted by atomic mass is 10.0. The number of benzene rings is 3. The number of amides is 1. The number of ketones is 1. The average Bonchev–Trinajstić information content (AvgIpc) is 2.73. The minimum Gasteiger partial charge on any atom is -0.452 e. The van der Waals surface area contributed by atoms with Crippen molar-refractivity contribution < 1.29 is 19.1 Å². The number of anilines is 1. The molecule has 3 aromatic rings. The molecule has 0 radical (unpaired) electrons. The standard InChI is InChI=1S/C23H18ClNO4/c1-15-6-5-9-17(12-15)23(28)29-14-21(26)25-20-11-10-18(24)13-19(20)22(27)16-7-3-2-4-8-16/h2-13H,14H2,1H3,(H,25,26). The number of carbonyl (C=O) groups is 3. The third-order valence-corrected chi connectivity index (χ3v) is 4.36. The van der Waals surface area contributed by atoms with Crippen molar-refractivity contribution in [2.75, 3.05) is 11.9 Å². The van der Waals surface area contributed by atoms with Crippen LogP contribution in [0.3, 0.4) is 0 Å². The van der Waals surface area contributed by atoms with Gasteiger partial charge in [-0.3, -0.25) is 9.59 Å². The molecule has 3 rings (SSSR count). The van der Waals surface area contributed by atoms with E-state index in [-0.39, 0.29) is 11.3 Å². The van der Waals surface area contributed by atoms with E-state index in [9.17, 15) is 14.4 Å². The molecule has 6 heteroatoms. The van der Waals surface area contributed by atoms with Gasteiger partial charge in [0.2, 0.25) is 0 Å². The first kappa shape index (κ1) is 20.3. The van der Waals surface area contributed by atoms with Crippen molar-refractivity contribution in [2.45, 2.75) is 6.92 Å². The predicted molar refractivity (Wildman–Crippen MR) is 111 cm³/mol. The molecule has 29 heavy (non-hydrogen) atoms. The van der Waals surface area contributed by atoms with Crippen LogP contribution in [0, 0.1) is 6.92 Å². The fraction of sp³-hybridized carbons (Fsp3) is 0.0870. The highest BCUT2D eigenvalue weighted by Crippen LogP contribution is 2.23. The monoisotopic (exact) mass is 407 g/mol. The van der Waals surface area contributed by atoms with Crippen molar-refractivity contribution >= 4 is 34.9 Å². The zero-order valence-corrected chi connectivity index (χ0v) is 16.4. The molecule has 5 nitrogen and oxygen atoms in total. The number of esters is 1. The number of nitrogens with one attached hydrogen (secondary N) is 1. The molecule has 0 saturated heterocycles. The second kappa shape index (κ2) is 9.17. The van der Waals surface area contributed by atoms with Gasteiger partial charge in [0.1, 0.15) is 0 Å². The molecule has 0 aromatic heterocycles. The minimum atomic E-state index is -0.597. The summed E-state index contributed by atoms with van der Waals surface area (Å²) in [4.78, 5) is 37.2. The molecule has 146 valence electrons. The fourth-order valence-corrected chi connectivity index (χ4v) is 2.90. The third kappa shape index (κ3) is 5.30. The maximum atomic E-state index is 12.8. The van der Waals surface area contributed by atoms with E-state index in [1.54, 1.807) is 60.7 Å². The maximum absolute atomic E-state index is 12.8. The van der Waals surface area contributed by atoms with Gasteiger partial charge in [-0.05, 0) is 37.3 Å². The molecule has 0 spiro atoms. The van der Waals surface area contributed by atoms with Crippen LogP contribution >= 0.6 is 11.6 Å². The Morgan fingerprint density at radius 2 is 1.62 bits per heavy atom. The molecular formula is C23H18ClNO4. The number of hydrogen-bond donors (Lipinski definition) is 1. The number of carbonyl (C=O) groups excluding carboxylic acids is 3. The normalized spacial score (nSPS) is 10.3. The van der Waals surface area contributed by atoms with Gasteiger partial charge in [0.15, 0.2) is 12.4 Å². The van der Waals surface area contributed by atoms with Crippen LogP contribution in [0.1, 0.15) is 31.8 Å². The van der Waals surface area contributed by atoms with Gasteiger partial charge in [0.05, 0.1) is 11.3 Å². The van der Waals surface area contributed by atoms with Gasteiger partial charge >= 0.3 is 5.97 Å². The van der Waals surface area contributed by atoms with Gasteiger partial charge in [0.25, 0.3) is 5.91 Å². The molecule has 0 bridgehead atoms. The molecule has 1 N–H and O–H groups in total. The van der Waals surface area contributed by atoms with Gasteiger partial charge < -0.3 is 10.1 Å². The molecule has 0 aliphatic carbocycles. The Morgan fingerprint density at radius 1 is 0.897 bits per heavy atom. The Morgan fingerprint density at radius 3 is 2.34 bits per heavy atom. The molecule has 1 amide bonds. The first-order valence-electron chi connectivity index (χ1n) is 8.87. The second-order valence-electron chi connectivity index (χ2n) is 6.38. The van der Waals surface area contributed by atoms with Gasteiger partial charge in [-0.15, -0.1) is 0 Å². The molecular weight excluding hydrogens is 390 g/mol. The van der Waals surface area contributed by atoms with Crippen molar-refractivity contribution in [3.63, 3.8) is 0 Å². The van der Waals surface area contributed by atoms with Crippen molar-refractivity contribution in [2.24, 2.45) is 0 Å². The van der Waals surface area contributed by atoms with Crippen LogP contribution in [0.4, 0.5) is 5.69 Å². The minimum absolute atomic E-state index is 0.252. The molecule has 0 aliphatic heterocycles. The lowest BCUT2D eigenvalue weighted by Gasteiger charge is -2.11. The van der Waals surface area contributed by atoms with Crippen molar-refractivity contribution in [3.8, 4) is 0 Å². The summed E-state index contributed by atoms with van der Waals surface area (Å²) in [6, 6.07) is 20.1. The summed E-state index contributed by atoms with van der Waals surface area (Å²) in [6.07, 6.45) is 0. The topological polar surface area (TPSA) is 72.5 Å². The van der Waals surface area contributed by atoms with E-state index in [0.29, 0.717) is 21.8 Å². The molecule has 0 aliphatic rings. The Labute approximate surface area is 173 Å². The molecule has 0 unspecified atom stereocenters. The van der Waals surface area contributed by atoms with Crippen molar-refractivity contribution in [1.82, 2.24) is 0 Å². The lowest BCUT2D eigenvalue weighted by molar-refractivity contribution is -0.119. The summed E-state index contributed by atoms with van der Waals surface area (Å²) in [6.45, 7) is 1.38. The largest absolute Gasteiger partial charge is 0.452 e. The molecule has 0 atom stereocenters. The summed E-state index contributed by atoms with van der Waals surface area (Å²) in [5.74, 6) is -1.43. The van der Waals surface area contributed by atoms with Crippen LogP contribution < -0.4 is 5.32 Å².